The van der Waals surface area contributed by atoms with Crippen molar-refractivity contribution in [3.63, 3.8) is 0 Å². The van der Waals surface area contributed by atoms with Crippen molar-refractivity contribution in [3.05, 3.63) is 41.5 Å². The molecule has 80 valence electrons. The van der Waals surface area contributed by atoms with Gasteiger partial charge in [0.25, 0.3) is 0 Å². The summed E-state index contributed by atoms with van der Waals surface area (Å²) in [5.41, 5.74) is 2.12. The minimum absolute atomic E-state index is 0.177. The third-order valence-electron chi connectivity index (χ3n) is 2.01. The lowest BCUT2D eigenvalue weighted by Gasteiger charge is -1.99. The van der Waals surface area contributed by atoms with Gasteiger partial charge in [0.15, 0.2) is 0 Å². The Kier molecular flexibility index (Phi) is 4.91. The lowest BCUT2D eigenvalue weighted by molar-refractivity contribution is -0.136. The van der Waals surface area contributed by atoms with Gasteiger partial charge in [-0.25, -0.2) is 0 Å². The van der Waals surface area contributed by atoms with E-state index in [1.165, 1.54) is 0 Å². The Morgan fingerprint density at radius 3 is 2.53 bits per heavy atom. The minimum atomic E-state index is -0.763. The maximum atomic E-state index is 10.4. The molecule has 2 nitrogen and oxygen atoms in total. The Morgan fingerprint density at radius 2 is 2.00 bits per heavy atom. The van der Waals surface area contributed by atoms with E-state index in [4.69, 9.17) is 16.7 Å². The van der Waals surface area contributed by atoms with Crippen molar-refractivity contribution in [2.24, 2.45) is 0 Å². The molecule has 0 saturated carbocycles. The molecule has 0 aliphatic carbocycles. The molecule has 0 saturated heterocycles. The van der Waals surface area contributed by atoms with Crippen molar-refractivity contribution in [1.82, 2.24) is 0 Å². The SMILES string of the molecule is O=C(O)CCc1ccc(C=CCCl)cc1. The highest BCUT2D eigenvalue weighted by Gasteiger charge is 1.98. The number of carboxylic acids is 1. The topological polar surface area (TPSA) is 37.3 Å². The van der Waals surface area contributed by atoms with Crippen LogP contribution in [-0.2, 0) is 11.2 Å². The van der Waals surface area contributed by atoms with Gasteiger partial charge in [0, 0.05) is 12.3 Å². The lowest BCUT2D eigenvalue weighted by Crippen LogP contribution is -1.97. The van der Waals surface area contributed by atoms with Gasteiger partial charge < -0.3 is 5.11 Å². The molecule has 0 aliphatic rings. The highest BCUT2D eigenvalue weighted by Crippen LogP contribution is 2.08. The van der Waals surface area contributed by atoms with Gasteiger partial charge in [0.1, 0.15) is 0 Å². The zero-order chi connectivity index (χ0) is 11.1. The third-order valence-corrected chi connectivity index (χ3v) is 2.18. The fraction of sp³-hybridized carbons (Fsp3) is 0.250. The number of hydrogen-bond acceptors (Lipinski definition) is 1. The molecule has 0 spiro atoms. The van der Waals surface area contributed by atoms with E-state index in [1.54, 1.807) is 0 Å². The summed E-state index contributed by atoms with van der Waals surface area (Å²) < 4.78 is 0. The first-order chi connectivity index (χ1) is 7.22. The van der Waals surface area contributed by atoms with Crippen LogP contribution in [0, 0.1) is 0 Å². The van der Waals surface area contributed by atoms with Crippen LogP contribution in [0.5, 0.6) is 0 Å². The van der Waals surface area contributed by atoms with E-state index in [9.17, 15) is 4.79 Å². The van der Waals surface area contributed by atoms with E-state index in [0.717, 1.165) is 11.1 Å². The van der Waals surface area contributed by atoms with Gasteiger partial charge in [-0.2, -0.15) is 0 Å². The number of halogens is 1. The summed E-state index contributed by atoms with van der Waals surface area (Å²) in [4.78, 5) is 10.4. The van der Waals surface area contributed by atoms with Crippen molar-refractivity contribution < 1.29 is 9.90 Å². The summed E-state index contributed by atoms with van der Waals surface area (Å²) in [6.45, 7) is 0. The van der Waals surface area contributed by atoms with E-state index in [0.29, 0.717) is 12.3 Å². The van der Waals surface area contributed by atoms with Crippen LogP contribution in [0.15, 0.2) is 30.3 Å². The van der Waals surface area contributed by atoms with Crippen LogP contribution in [-0.4, -0.2) is 17.0 Å². The second kappa shape index (κ2) is 6.25. The fourth-order valence-corrected chi connectivity index (χ4v) is 1.32. The van der Waals surface area contributed by atoms with Crippen LogP contribution < -0.4 is 0 Å². The zero-order valence-corrected chi connectivity index (χ0v) is 9.07. The number of aryl methyl sites for hydroxylation is 1. The molecule has 0 fully saturated rings. The number of hydrogen-bond donors (Lipinski definition) is 1. The molecule has 1 aromatic carbocycles. The van der Waals surface area contributed by atoms with Gasteiger partial charge in [-0.15, -0.1) is 11.6 Å². The first kappa shape index (κ1) is 11.8. The summed E-state index contributed by atoms with van der Waals surface area (Å²) in [5.74, 6) is -0.262. The van der Waals surface area contributed by atoms with Gasteiger partial charge in [0.05, 0.1) is 0 Å². The molecule has 0 bridgehead atoms. The molecular formula is C12H13ClO2. The van der Waals surface area contributed by atoms with E-state index in [1.807, 2.05) is 36.4 Å². The van der Waals surface area contributed by atoms with Gasteiger partial charge in [-0.3, -0.25) is 4.79 Å². The molecule has 0 unspecified atom stereocenters. The first-order valence-corrected chi connectivity index (χ1v) is 5.29. The molecular weight excluding hydrogens is 212 g/mol. The third kappa shape index (κ3) is 4.66. The van der Waals surface area contributed by atoms with Crippen molar-refractivity contribution in [3.8, 4) is 0 Å². The maximum Gasteiger partial charge on any atom is 0.303 e. The summed E-state index contributed by atoms with van der Waals surface area (Å²) in [6.07, 6.45) is 4.56. The molecule has 0 amide bonds. The zero-order valence-electron chi connectivity index (χ0n) is 8.32. The molecule has 1 aromatic rings. The van der Waals surface area contributed by atoms with Gasteiger partial charge >= 0.3 is 5.97 Å². The molecule has 0 radical (unpaired) electrons. The van der Waals surface area contributed by atoms with Crippen molar-refractivity contribution in [2.45, 2.75) is 12.8 Å². The number of carboxylic acid groups (broad SMARTS) is 1. The number of benzene rings is 1. The van der Waals surface area contributed by atoms with Crippen LogP contribution in [0.1, 0.15) is 17.5 Å². The summed E-state index contributed by atoms with van der Waals surface area (Å²) in [6, 6.07) is 7.80. The second-order valence-electron chi connectivity index (χ2n) is 3.19. The molecule has 0 atom stereocenters. The van der Waals surface area contributed by atoms with E-state index < -0.39 is 5.97 Å². The van der Waals surface area contributed by atoms with Crippen molar-refractivity contribution >= 4 is 23.6 Å². The number of alkyl halides is 1. The predicted molar refractivity (Wildman–Crippen MR) is 62.2 cm³/mol. The molecule has 0 aliphatic heterocycles. The summed E-state index contributed by atoms with van der Waals surface area (Å²) in [5, 5.41) is 8.52. The quantitative estimate of drug-likeness (QED) is 0.781. The van der Waals surface area contributed by atoms with Crippen LogP contribution >= 0.6 is 11.6 Å². The van der Waals surface area contributed by atoms with Crippen LogP contribution in [0.25, 0.3) is 6.08 Å². The number of aliphatic carboxylic acids is 1. The first-order valence-electron chi connectivity index (χ1n) is 4.75. The van der Waals surface area contributed by atoms with E-state index >= 15 is 0 Å². The second-order valence-corrected chi connectivity index (χ2v) is 3.50. The lowest BCUT2D eigenvalue weighted by atomic mass is 10.1. The molecule has 0 heterocycles. The van der Waals surface area contributed by atoms with Crippen LogP contribution in [0.2, 0.25) is 0 Å². The smallest absolute Gasteiger partial charge is 0.303 e. The molecule has 3 heteroatoms. The molecule has 1 rings (SSSR count). The van der Waals surface area contributed by atoms with Crippen molar-refractivity contribution in [2.75, 3.05) is 5.88 Å². The van der Waals surface area contributed by atoms with Gasteiger partial charge in [-0.1, -0.05) is 36.4 Å². The average molecular weight is 225 g/mol. The average Bonchev–Trinajstić information content (AvgIpc) is 2.25. The highest BCUT2D eigenvalue weighted by atomic mass is 35.5. The fourth-order valence-electron chi connectivity index (χ4n) is 1.23. The number of rotatable bonds is 5. The minimum Gasteiger partial charge on any atom is -0.481 e. The highest BCUT2D eigenvalue weighted by molar-refractivity contribution is 6.19. The standard InChI is InChI=1S/C12H13ClO2/c13-9-1-2-10-3-5-11(6-4-10)7-8-12(14)15/h1-6H,7-9H2,(H,14,15). The number of allylic oxidation sites excluding steroid dienone is 1. The van der Waals surface area contributed by atoms with Gasteiger partial charge in [-0.05, 0) is 17.5 Å². The Hall–Kier alpha value is -1.28. The normalized spacial score (nSPS) is 10.7. The molecule has 0 aromatic heterocycles. The monoisotopic (exact) mass is 224 g/mol. The summed E-state index contributed by atoms with van der Waals surface area (Å²) in [7, 11) is 0. The van der Waals surface area contributed by atoms with Gasteiger partial charge in [0.2, 0.25) is 0 Å². The van der Waals surface area contributed by atoms with E-state index in [2.05, 4.69) is 0 Å². The van der Waals surface area contributed by atoms with E-state index in [-0.39, 0.29) is 6.42 Å². The Morgan fingerprint density at radius 1 is 1.33 bits per heavy atom. The largest absolute Gasteiger partial charge is 0.481 e. The Labute approximate surface area is 94.2 Å². The molecule has 1 N–H and O–H groups in total. The summed E-state index contributed by atoms with van der Waals surface area (Å²) >= 11 is 5.52. The molecule has 15 heavy (non-hydrogen) atoms. The Bertz CT molecular complexity index is 341. The van der Waals surface area contributed by atoms with Crippen LogP contribution in [0.4, 0.5) is 0 Å². The predicted octanol–water partition coefficient (Wildman–Crippen LogP) is 2.96. The Balaban J connectivity index is 2.56. The van der Waals surface area contributed by atoms with Crippen molar-refractivity contribution in [1.29, 1.82) is 0 Å². The number of carbonyl (C=O) groups is 1. The van der Waals surface area contributed by atoms with Crippen LogP contribution in [0.3, 0.4) is 0 Å². The maximum absolute atomic E-state index is 10.4.